The predicted molar refractivity (Wildman–Crippen MR) is 53.1 cm³/mol. The lowest BCUT2D eigenvalue weighted by Gasteiger charge is -2.04. The number of hydrogen-bond donors (Lipinski definition) is 1. The molecule has 68 valence electrons. The second-order valence-electron chi connectivity index (χ2n) is 3.29. The molecule has 1 aromatic carbocycles. The lowest BCUT2D eigenvalue weighted by Crippen LogP contribution is -1.99. The smallest absolute Gasteiger partial charge is 0.336 e. The summed E-state index contributed by atoms with van der Waals surface area (Å²) < 4.78 is 0.755. The van der Waals surface area contributed by atoms with E-state index in [9.17, 15) is 4.79 Å². The van der Waals surface area contributed by atoms with Crippen LogP contribution in [0.1, 0.15) is 34.7 Å². The average Bonchev–Trinajstić information content (AvgIpc) is 2.87. The first-order valence-corrected chi connectivity index (χ1v) is 5.01. The second-order valence-corrected chi connectivity index (χ2v) is 4.08. The standard InChI is InChI=1S/C10H9BrO2/c11-9-7(6-4-5-6)2-1-3-8(9)10(12)13/h1-3,6H,4-5H2,(H,12,13). The van der Waals surface area contributed by atoms with Gasteiger partial charge < -0.3 is 5.11 Å². The molecule has 0 heterocycles. The molecule has 0 amide bonds. The Balaban J connectivity index is 2.47. The number of rotatable bonds is 2. The Hall–Kier alpha value is -0.830. The van der Waals surface area contributed by atoms with Crippen molar-refractivity contribution in [3.63, 3.8) is 0 Å². The van der Waals surface area contributed by atoms with Crippen LogP contribution >= 0.6 is 15.9 Å². The van der Waals surface area contributed by atoms with Gasteiger partial charge in [0.1, 0.15) is 0 Å². The van der Waals surface area contributed by atoms with E-state index < -0.39 is 5.97 Å². The Morgan fingerprint density at radius 1 is 1.46 bits per heavy atom. The number of aromatic carboxylic acids is 1. The van der Waals surface area contributed by atoms with Crippen molar-refractivity contribution in [1.82, 2.24) is 0 Å². The molecule has 0 unspecified atom stereocenters. The van der Waals surface area contributed by atoms with Crippen molar-refractivity contribution in [2.24, 2.45) is 0 Å². The zero-order valence-corrected chi connectivity index (χ0v) is 8.54. The number of halogens is 1. The summed E-state index contributed by atoms with van der Waals surface area (Å²) in [6, 6.07) is 5.42. The van der Waals surface area contributed by atoms with Crippen molar-refractivity contribution >= 4 is 21.9 Å². The molecule has 3 heteroatoms. The summed E-state index contributed by atoms with van der Waals surface area (Å²) in [6.45, 7) is 0. The highest BCUT2D eigenvalue weighted by Gasteiger charge is 2.27. The Morgan fingerprint density at radius 3 is 2.69 bits per heavy atom. The van der Waals surface area contributed by atoms with Crippen LogP contribution in [0.25, 0.3) is 0 Å². The summed E-state index contributed by atoms with van der Waals surface area (Å²) in [6.07, 6.45) is 2.36. The molecule has 0 aliphatic heterocycles. The fourth-order valence-electron chi connectivity index (χ4n) is 1.42. The van der Waals surface area contributed by atoms with Crippen molar-refractivity contribution in [2.45, 2.75) is 18.8 Å². The van der Waals surface area contributed by atoms with Gasteiger partial charge in [0, 0.05) is 4.47 Å². The monoisotopic (exact) mass is 240 g/mol. The number of benzene rings is 1. The van der Waals surface area contributed by atoms with E-state index in [4.69, 9.17) is 5.11 Å². The van der Waals surface area contributed by atoms with Crippen LogP contribution in [0.5, 0.6) is 0 Å². The highest BCUT2D eigenvalue weighted by Crippen LogP contribution is 2.43. The molecule has 1 aliphatic rings. The topological polar surface area (TPSA) is 37.3 Å². The third-order valence-corrected chi connectivity index (χ3v) is 3.16. The Morgan fingerprint density at radius 2 is 2.15 bits per heavy atom. The lowest BCUT2D eigenvalue weighted by molar-refractivity contribution is 0.0696. The molecule has 2 rings (SSSR count). The van der Waals surface area contributed by atoms with E-state index >= 15 is 0 Å². The van der Waals surface area contributed by atoms with Crippen molar-refractivity contribution in [3.8, 4) is 0 Å². The summed E-state index contributed by atoms with van der Waals surface area (Å²) in [5.41, 5.74) is 1.50. The zero-order chi connectivity index (χ0) is 9.42. The van der Waals surface area contributed by atoms with E-state index in [-0.39, 0.29) is 0 Å². The lowest BCUT2D eigenvalue weighted by atomic mass is 10.1. The van der Waals surface area contributed by atoms with Crippen molar-refractivity contribution in [3.05, 3.63) is 33.8 Å². The second kappa shape index (κ2) is 3.14. The molecule has 0 atom stereocenters. The van der Waals surface area contributed by atoms with Gasteiger partial charge in [-0.25, -0.2) is 4.79 Å². The highest BCUT2D eigenvalue weighted by molar-refractivity contribution is 9.10. The quantitative estimate of drug-likeness (QED) is 0.863. The van der Waals surface area contributed by atoms with Crippen LogP contribution < -0.4 is 0 Å². The molecule has 0 radical (unpaired) electrons. The van der Waals surface area contributed by atoms with Gasteiger partial charge in [0.05, 0.1) is 5.56 Å². The molecular formula is C10H9BrO2. The zero-order valence-electron chi connectivity index (χ0n) is 6.96. The van der Waals surface area contributed by atoms with Crippen molar-refractivity contribution < 1.29 is 9.90 Å². The third kappa shape index (κ3) is 1.61. The van der Waals surface area contributed by atoms with Crippen LogP contribution in [-0.2, 0) is 0 Å². The molecule has 0 bridgehead atoms. The molecule has 0 aromatic heterocycles. The largest absolute Gasteiger partial charge is 0.478 e. The first kappa shape index (κ1) is 8.75. The molecule has 2 nitrogen and oxygen atoms in total. The fraction of sp³-hybridized carbons (Fsp3) is 0.300. The normalized spacial score (nSPS) is 15.8. The van der Waals surface area contributed by atoms with Gasteiger partial charge in [-0.05, 0) is 46.3 Å². The van der Waals surface area contributed by atoms with Crippen LogP contribution in [-0.4, -0.2) is 11.1 Å². The van der Waals surface area contributed by atoms with E-state index in [0.717, 1.165) is 10.0 Å². The van der Waals surface area contributed by atoms with Crippen LogP contribution in [0.15, 0.2) is 22.7 Å². The van der Waals surface area contributed by atoms with Gasteiger partial charge >= 0.3 is 5.97 Å². The van der Waals surface area contributed by atoms with Crippen molar-refractivity contribution in [2.75, 3.05) is 0 Å². The first-order chi connectivity index (χ1) is 6.20. The first-order valence-electron chi connectivity index (χ1n) is 4.22. The maximum Gasteiger partial charge on any atom is 0.336 e. The van der Waals surface area contributed by atoms with Gasteiger partial charge in [-0.15, -0.1) is 0 Å². The third-order valence-electron chi connectivity index (χ3n) is 2.28. The Kier molecular flexibility index (Phi) is 2.12. The van der Waals surface area contributed by atoms with Gasteiger partial charge in [-0.1, -0.05) is 12.1 Å². The van der Waals surface area contributed by atoms with Gasteiger partial charge in [-0.3, -0.25) is 0 Å². The number of carboxylic acids is 1. The van der Waals surface area contributed by atoms with E-state index in [2.05, 4.69) is 15.9 Å². The fourth-order valence-corrected chi connectivity index (χ4v) is 2.18. The SMILES string of the molecule is O=C(O)c1cccc(C2CC2)c1Br. The maximum absolute atomic E-state index is 10.8. The molecule has 1 fully saturated rings. The Labute approximate surface area is 84.7 Å². The molecular weight excluding hydrogens is 232 g/mol. The predicted octanol–water partition coefficient (Wildman–Crippen LogP) is 3.02. The van der Waals surface area contributed by atoms with Gasteiger partial charge in [0.2, 0.25) is 0 Å². The van der Waals surface area contributed by atoms with Gasteiger partial charge in [-0.2, -0.15) is 0 Å². The molecule has 1 N–H and O–H groups in total. The Bertz CT molecular complexity index is 356. The van der Waals surface area contributed by atoms with Gasteiger partial charge in [0.25, 0.3) is 0 Å². The average molecular weight is 241 g/mol. The van der Waals surface area contributed by atoms with Crippen LogP contribution in [0.2, 0.25) is 0 Å². The molecule has 1 aromatic rings. The van der Waals surface area contributed by atoms with Gasteiger partial charge in [0.15, 0.2) is 0 Å². The van der Waals surface area contributed by atoms with E-state index in [1.54, 1.807) is 6.07 Å². The number of hydrogen-bond acceptors (Lipinski definition) is 1. The minimum absolute atomic E-state index is 0.365. The number of carbonyl (C=O) groups is 1. The summed E-state index contributed by atoms with van der Waals surface area (Å²) in [4.78, 5) is 10.8. The summed E-state index contributed by atoms with van der Waals surface area (Å²) >= 11 is 3.34. The molecule has 0 spiro atoms. The summed E-state index contributed by atoms with van der Waals surface area (Å²) in [5, 5.41) is 8.86. The van der Waals surface area contributed by atoms with E-state index in [1.807, 2.05) is 12.1 Å². The van der Waals surface area contributed by atoms with Crippen LogP contribution in [0, 0.1) is 0 Å². The summed E-state index contributed by atoms with van der Waals surface area (Å²) in [7, 11) is 0. The molecule has 13 heavy (non-hydrogen) atoms. The van der Waals surface area contributed by atoms with Crippen LogP contribution in [0.3, 0.4) is 0 Å². The maximum atomic E-state index is 10.8. The minimum Gasteiger partial charge on any atom is -0.478 e. The molecule has 0 saturated heterocycles. The molecule has 1 aliphatic carbocycles. The van der Waals surface area contributed by atoms with Crippen molar-refractivity contribution in [1.29, 1.82) is 0 Å². The highest BCUT2D eigenvalue weighted by atomic mass is 79.9. The van der Waals surface area contributed by atoms with E-state index in [1.165, 1.54) is 12.8 Å². The summed E-state index contributed by atoms with van der Waals surface area (Å²) in [5.74, 6) is -0.289. The minimum atomic E-state index is -0.866. The van der Waals surface area contributed by atoms with Crippen LogP contribution in [0.4, 0.5) is 0 Å². The molecule has 1 saturated carbocycles. The van der Waals surface area contributed by atoms with E-state index in [0.29, 0.717) is 11.5 Å². The number of carboxylic acid groups (broad SMARTS) is 1.